The van der Waals surface area contributed by atoms with Gasteiger partial charge in [0.1, 0.15) is 5.75 Å². The van der Waals surface area contributed by atoms with Crippen molar-refractivity contribution in [2.45, 2.75) is 18.4 Å². The molecule has 0 unspecified atom stereocenters. The van der Waals surface area contributed by atoms with Gasteiger partial charge in [0.25, 0.3) is 5.91 Å². The van der Waals surface area contributed by atoms with Crippen molar-refractivity contribution in [3.05, 3.63) is 59.7 Å². The third kappa shape index (κ3) is 4.89. The lowest BCUT2D eigenvalue weighted by Crippen LogP contribution is -2.40. The van der Waals surface area contributed by atoms with E-state index in [1.165, 1.54) is 28.6 Å². The summed E-state index contributed by atoms with van der Waals surface area (Å²) in [7, 11) is -3.56. The van der Waals surface area contributed by atoms with Crippen LogP contribution in [0.15, 0.2) is 53.4 Å². The number of benzene rings is 2. The zero-order chi connectivity index (χ0) is 20.0. The van der Waals surface area contributed by atoms with E-state index in [-0.39, 0.29) is 10.8 Å². The zero-order valence-corrected chi connectivity index (χ0v) is 16.6. The summed E-state index contributed by atoms with van der Waals surface area (Å²) in [5.74, 6) is 0.527. The van der Waals surface area contributed by atoms with Gasteiger partial charge in [-0.1, -0.05) is 12.1 Å². The van der Waals surface area contributed by atoms with Crippen LogP contribution in [0.2, 0.25) is 0 Å². The molecule has 0 radical (unpaired) electrons. The van der Waals surface area contributed by atoms with Crippen molar-refractivity contribution in [1.29, 1.82) is 0 Å². The number of ether oxygens (including phenoxy) is 2. The molecule has 150 valence electrons. The van der Waals surface area contributed by atoms with Crippen LogP contribution in [0.4, 0.5) is 0 Å². The van der Waals surface area contributed by atoms with E-state index in [1.807, 2.05) is 31.2 Å². The minimum Gasteiger partial charge on any atom is -0.494 e. The molecule has 1 aliphatic heterocycles. The fourth-order valence-electron chi connectivity index (χ4n) is 2.87. The van der Waals surface area contributed by atoms with Crippen LogP contribution in [-0.2, 0) is 21.3 Å². The predicted octanol–water partition coefficient (Wildman–Crippen LogP) is 2.04. The van der Waals surface area contributed by atoms with E-state index in [4.69, 9.17) is 9.47 Å². The molecule has 0 atom stereocenters. The number of sulfonamides is 1. The Morgan fingerprint density at radius 2 is 1.71 bits per heavy atom. The third-order valence-electron chi connectivity index (χ3n) is 4.41. The van der Waals surface area contributed by atoms with Crippen LogP contribution in [0.25, 0.3) is 0 Å². The first-order valence-electron chi connectivity index (χ1n) is 9.18. The average molecular weight is 404 g/mol. The van der Waals surface area contributed by atoms with Gasteiger partial charge in [-0.2, -0.15) is 4.31 Å². The fraction of sp³-hybridized carbons (Fsp3) is 0.350. The summed E-state index contributed by atoms with van der Waals surface area (Å²) in [5.41, 5.74) is 1.36. The lowest BCUT2D eigenvalue weighted by atomic mass is 10.2. The van der Waals surface area contributed by atoms with Gasteiger partial charge >= 0.3 is 0 Å². The van der Waals surface area contributed by atoms with Crippen molar-refractivity contribution < 1.29 is 22.7 Å². The zero-order valence-electron chi connectivity index (χ0n) is 15.8. The molecule has 0 spiro atoms. The van der Waals surface area contributed by atoms with Gasteiger partial charge in [-0.3, -0.25) is 4.79 Å². The van der Waals surface area contributed by atoms with Gasteiger partial charge in [0.15, 0.2) is 0 Å². The molecule has 1 heterocycles. The molecule has 0 aliphatic carbocycles. The molecule has 7 nitrogen and oxygen atoms in total. The Kier molecular flexibility index (Phi) is 6.66. The van der Waals surface area contributed by atoms with Gasteiger partial charge < -0.3 is 14.8 Å². The van der Waals surface area contributed by atoms with E-state index in [2.05, 4.69) is 5.32 Å². The lowest BCUT2D eigenvalue weighted by Gasteiger charge is -2.26. The molecule has 0 bridgehead atoms. The highest BCUT2D eigenvalue weighted by Gasteiger charge is 2.26. The van der Waals surface area contributed by atoms with Crippen LogP contribution in [-0.4, -0.2) is 51.5 Å². The van der Waals surface area contributed by atoms with Crippen LogP contribution in [0.3, 0.4) is 0 Å². The first-order valence-corrected chi connectivity index (χ1v) is 10.6. The fourth-order valence-corrected chi connectivity index (χ4v) is 4.28. The summed E-state index contributed by atoms with van der Waals surface area (Å²) < 4.78 is 37.2. The van der Waals surface area contributed by atoms with Gasteiger partial charge in [-0.05, 0) is 48.9 Å². The SMILES string of the molecule is CCOc1ccc(CNC(=O)c2ccc(S(=O)(=O)N3CCOCC3)cc2)cc1. The van der Waals surface area contributed by atoms with Crippen molar-refractivity contribution in [3.8, 4) is 5.75 Å². The summed E-state index contributed by atoms with van der Waals surface area (Å²) >= 11 is 0. The summed E-state index contributed by atoms with van der Waals surface area (Å²) in [4.78, 5) is 12.5. The number of amides is 1. The molecular formula is C20H24N2O5S. The Morgan fingerprint density at radius 3 is 2.32 bits per heavy atom. The van der Waals surface area contributed by atoms with Crippen LogP contribution < -0.4 is 10.1 Å². The minimum atomic E-state index is -3.56. The maximum atomic E-state index is 12.6. The van der Waals surface area contributed by atoms with E-state index in [0.29, 0.717) is 45.0 Å². The summed E-state index contributed by atoms with van der Waals surface area (Å²) in [6, 6.07) is 13.5. The van der Waals surface area contributed by atoms with Crippen LogP contribution in [0, 0.1) is 0 Å². The molecule has 0 saturated carbocycles. The molecule has 1 saturated heterocycles. The number of morpholine rings is 1. The van der Waals surface area contributed by atoms with Crippen molar-refractivity contribution >= 4 is 15.9 Å². The molecule has 1 fully saturated rings. The molecule has 0 aromatic heterocycles. The van der Waals surface area contributed by atoms with E-state index in [1.54, 1.807) is 0 Å². The maximum absolute atomic E-state index is 12.6. The molecule has 1 aliphatic rings. The number of hydrogen-bond donors (Lipinski definition) is 1. The Labute approximate surface area is 165 Å². The first-order chi connectivity index (χ1) is 13.5. The van der Waals surface area contributed by atoms with E-state index < -0.39 is 10.0 Å². The standard InChI is InChI=1S/C20H24N2O5S/c1-2-27-18-7-3-16(4-8-18)15-21-20(23)17-5-9-19(10-6-17)28(24,25)22-11-13-26-14-12-22/h3-10H,2,11-15H2,1H3,(H,21,23). The Hall–Kier alpha value is -2.42. The van der Waals surface area contributed by atoms with Crippen LogP contribution in [0.5, 0.6) is 5.75 Å². The predicted molar refractivity (Wildman–Crippen MR) is 105 cm³/mol. The quantitative estimate of drug-likeness (QED) is 0.763. The third-order valence-corrected chi connectivity index (χ3v) is 6.32. The smallest absolute Gasteiger partial charge is 0.251 e. The number of nitrogens with zero attached hydrogens (tertiary/aromatic N) is 1. The number of nitrogens with one attached hydrogen (secondary N) is 1. The van der Waals surface area contributed by atoms with Gasteiger partial charge in [0, 0.05) is 25.2 Å². The summed E-state index contributed by atoms with van der Waals surface area (Å²) in [6.07, 6.45) is 0. The number of rotatable bonds is 7. The van der Waals surface area contributed by atoms with Crippen molar-refractivity contribution in [2.24, 2.45) is 0 Å². The summed E-state index contributed by atoms with van der Waals surface area (Å²) in [6.45, 7) is 4.37. The largest absolute Gasteiger partial charge is 0.494 e. The minimum absolute atomic E-state index is 0.178. The molecule has 1 amide bonds. The van der Waals surface area contributed by atoms with Gasteiger partial charge in [-0.25, -0.2) is 8.42 Å². The number of carbonyl (C=O) groups is 1. The molecule has 2 aromatic rings. The molecule has 8 heteroatoms. The second kappa shape index (κ2) is 9.18. The van der Waals surface area contributed by atoms with E-state index in [0.717, 1.165) is 11.3 Å². The van der Waals surface area contributed by atoms with Gasteiger partial charge in [0.2, 0.25) is 10.0 Å². The molecule has 2 aromatic carbocycles. The average Bonchev–Trinajstić information content (AvgIpc) is 2.74. The highest BCUT2D eigenvalue weighted by atomic mass is 32.2. The molecule has 3 rings (SSSR count). The van der Waals surface area contributed by atoms with E-state index in [9.17, 15) is 13.2 Å². The second-order valence-corrected chi connectivity index (χ2v) is 8.24. The Morgan fingerprint density at radius 1 is 1.07 bits per heavy atom. The number of hydrogen-bond acceptors (Lipinski definition) is 5. The lowest BCUT2D eigenvalue weighted by molar-refractivity contribution is 0.0730. The van der Waals surface area contributed by atoms with Crippen molar-refractivity contribution in [3.63, 3.8) is 0 Å². The number of carbonyl (C=O) groups excluding carboxylic acids is 1. The topological polar surface area (TPSA) is 84.9 Å². The van der Waals surface area contributed by atoms with Gasteiger partial charge in [-0.15, -0.1) is 0 Å². The van der Waals surface area contributed by atoms with Crippen LogP contribution in [0.1, 0.15) is 22.8 Å². The van der Waals surface area contributed by atoms with Crippen molar-refractivity contribution in [1.82, 2.24) is 9.62 Å². The maximum Gasteiger partial charge on any atom is 0.251 e. The van der Waals surface area contributed by atoms with Gasteiger partial charge in [0.05, 0.1) is 24.7 Å². The highest BCUT2D eigenvalue weighted by Crippen LogP contribution is 2.18. The van der Waals surface area contributed by atoms with E-state index >= 15 is 0 Å². The van der Waals surface area contributed by atoms with Crippen molar-refractivity contribution in [2.75, 3.05) is 32.9 Å². The molecule has 1 N–H and O–H groups in total. The first kappa shape index (κ1) is 20.3. The van der Waals surface area contributed by atoms with Crippen LogP contribution >= 0.6 is 0 Å². The Bertz CT molecular complexity index is 889. The highest BCUT2D eigenvalue weighted by molar-refractivity contribution is 7.89. The molecule has 28 heavy (non-hydrogen) atoms. The molecular weight excluding hydrogens is 380 g/mol. The second-order valence-electron chi connectivity index (χ2n) is 6.30. The normalized spacial score (nSPS) is 15.2. The Balaban J connectivity index is 1.60. The summed E-state index contributed by atoms with van der Waals surface area (Å²) in [5, 5.41) is 2.83. The monoisotopic (exact) mass is 404 g/mol.